The van der Waals surface area contributed by atoms with E-state index in [4.69, 9.17) is 16.3 Å². The number of carbonyl (C=O) groups is 1. The van der Waals surface area contributed by atoms with E-state index in [-0.39, 0.29) is 11.9 Å². The molecule has 2 aromatic rings. The van der Waals surface area contributed by atoms with Gasteiger partial charge in [0.15, 0.2) is 0 Å². The number of nitrogens with one attached hydrogen (secondary N) is 1. The van der Waals surface area contributed by atoms with Crippen molar-refractivity contribution in [2.75, 3.05) is 6.61 Å². The highest BCUT2D eigenvalue weighted by Crippen LogP contribution is 2.11. The average molecular weight is 318 g/mol. The van der Waals surface area contributed by atoms with E-state index in [1.165, 1.54) is 0 Å². The van der Waals surface area contributed by atoms with E-state index in [0.717, 1.165) is 11.3 Å². The summed E-state index contributed by atoms with van der Waals surface area (Å²) < 4.78 is 5.62. The lowest BCUT2D eigenvalue weighted by Gasteiger charge is -2.15. The molecule has 0 aromatic heterocycles. The minimum Gasteiger partial charge on any atom is -0.491 e. The maximum atomic E-state index is 11.9. The van der Waals surface area contributed by atoms with Gasteiger partial charge < -0.3 is 10.1 Å². The van der Waals surface area contributed by atoms with Gasteiger partial charge in [-0.15, -0.1) is 0 Å². The van der Waals surface area contributed by atoms with Crippen molar-refractivity contribution in [2.24, 2.45) is 0 Å². The van der Waals surface area contributed by atoms with Crippen molar-refractivity contribution in [1.29, 1.82) is 0 Å². The highest BCUT2D eigenvalue weighted by atomic mass is 35.5. The zero-order valence-electron chi connectivity index (χ0n) is 12.6. The molecular weight excluding hydrogens is 298 g/mol. The zero-order valence-corrected chi connectivity index (χ0v) is 13.3. The van der Waals surface area contributed by atoms with Crippen LogP contribution in [0.25, 0.3) is 0 Å². The van der Waals surface area contributed by atoms with E-state index in [1.807, 2.05) is 61.5 Å². The second kappa shape index (κ2) is 8.44. The van der Waals surface area contributed by atoms with Crippen LogP contribution in [-0.4, -0.2) is 18.6 Å². The molecule has 3 nitrogen and oxygen atoms in total. The predicted molar refractivity (Wildman–Crippen MR) is 89.3 cm³/mol. The van der Waals surface area contributed by atoms with Crippen LogP contribution in [0.4, 0.5) is 0 Å². The van der Waals surface area contributed by atoms with E-state index < -0.39 is 0 Å². The van der Waals surface area contributed by atoms with Crippen molar-refractivity contribution in [3.63, 3.8) is 0 Å². The fourth-order valence-electron chi connectivity index (χ4n) is 2.04. The van der Waals surface area contributed by atoms with Crippen LogP contribution in [0.5, 0.6) is 5.75 Å². The summed E-state index contributed by atoms with van der Waals surface area (Å²) in [6.45, 7) is 2.39. The van der Waals surface area contributed by atoms with Gasteiger partial charge in [-0.05, 0) is 43.2 Å². The lowest BCUT2D eigenvalue weighted by Crippen LogP contribution is -2.36. The summed E-state index contributed by atoms with van der Waals surface area (Å²) in [5.74, 6) is 0.837. The van der Waals surface area contributed by atoms with Gasteiger partial charge in [0, 0.05) is 11.4 Å². The molecule has 0 heterocycles. The molecule has 4 heteroatoms. The third-order valence-corrected chi connectivity index (χ3v) is 3.46. The Bertz CT molecular complexity index is 584. The molecular formula is C18H20ClNO2. The van der Waals surface area contributed by atoms with Crippen LogP contribution in [0, 0.1) is 0 Å². The Morgan fingerprint density at radius 2 is 1.82 bits per heavy atom. The molecule has 1 N–H and O–H groups in total. The maximum Gasteiger partial charge on any atom is 0.220 e. The summed E-state index contributed by atoms with van der Waals surface area (Å²) in [6.07, 6.45) is 1.16. The normalized spacial score (nSPS) is 11.7. The zero-order chi connectivity index (χ0) is 15.8. The molecule has 0 bridgehead atoms. The predicted octanol–water partition coefficient (Wildman–Crippen LogP) is 3.86. The van der Waals surface area contributed by atoms with Gasteiger partial charge in [-0.25, -0.2) is 0 Å². The Labute approximate surface area is 136 Å². The van der Waals surface area contributed by atoms with Gasteiger partial charge in [0.25, 0.3) is 0 Å². The second-order valence-corrected chi connectivity index (χ2v) is 5.66. The fourth-order valence-corrected chi connectivity index (χ4v) is 2.16. The van der Waals surface area contributed by atoms with Crippen LogP contribution >= 0.6 is 11.6 Å². The molecule has 2 aromatic carbocycles. The summed E-state index contributed by atoms with van der Waals surface area (Å²) in [7, 11) is 0. The molecule has 0 aliphatic rings. The number of amides is 1. The van der Waals surface area contributed by atoms with Gasteiger partial charge in [0.2, 0.25) is 5.91 Å². The van der Waals surface area contributed by atoms with Gasteiger partial charge in [-0.1, -0.05) is 41.9 Å². The van der Waals surface area contributed by atoms with Crippen molar-refractivity contribution in [2.45, 2.75) is 25.8 Å². The first-order chi connectivity index (χ1) is 10.6. The quantitative estimate of drug-likeness (QED) is 0.842. The third kappa shape index (κ3) is 5.78. The van der Waals surface area contributed by atoms with Crippen molar-refractivity contribution < 1.29 is 9.53 Å². The fraction of sp³-hybridized carbons (Fsp3) is 0.278. The van der Waals surface area contributed by atoms with Gasteiger partial charge in [0.05, 0.1) is 6.04 Å². The Hall–Kier alpha value is -2.00. The molecule has 2 rings (SSSR count). The molecule has 22 heavy (non-hydrogen) atoms. The van der Waals surface area contributed by atoms with E-state index in [1.54, 1.807) is 0 Å². The van der Waals surface area contributed by atoms with E-state index in [2.05, 4.69) is 5.32 Å². The number of rotatable bonds is 7. The molecule has 116 valence electrons. The van der Waals surface area contributed by atoms with Crippen LogP contribution in [0.1, 0.15) is 18.9 Å². The van der Waals surface area contributed by atoms with Crippen LogP contribution in [0.2, 0.25) is 5.02 Å². The molecule has 0 radical (unpaired) electrons. The Kier molecular flexibility index (Phi) is 6.28. The summed E-state index contributed by atoms with van der Waals surface area (Å²) in [5, 5.41) is 3.65. The Balaban J connectivity index is 1.68. The van der Waals surface area contributed by atoms with Crippen LogP contribution in [0.15, 0.2) is 54.6 Å². The smallest absolute Gasteiger partial charge is 0.220 e. The molecule has 0 fully saturated rings. The highest BCUT2D eigenvalue weighted by Gasteiger charge is 2.08. The lowest BCUT2D eigenvalue weighted by molar-refractivity contribution is -0.121. The number of para-hydroxylation sites is 1. The van der Waals surface area contributed by atoms with Gasteiger partial charge in [-0.2, -0.15) is 0 Å². The molecule has 1 amide bonds. The number of halogens is 1. The molecule has 0 aliphatic heterocycles. The number of aryl methyl sites for hydroxylation is 1. The van der Waals surface area contributed by atoms with E-state index >= 15 is 0 Å². The first-order valence-electron chi connectivity index (χ1n) is 7.35. The summed E-state index contributed by atoms with van der Waals surface area (Å²) in [6, 6.07) is 17.1. The Morgan fingerprint density at radius 3 is 2.50 bits per heavy atom. The van der Waals surface area contributed by atoms with E-state index in [9.17, 15) is 4.79 Å². The molecule has 0 aliphatic carbocycles. The molecule has 0 saturated carbocycles. The standard InChI is InChI=1S/C18H20ClNO2/c1-14(13-22-17-5-3-2-4-6-17)20-18(21)12-9-15-7-10-16(19)11-8-15/h2-8,10-11,14H,9,12-13H2,1H3,(H,20,21). The number of benzene rings is 2. The average Bonchev–Trinajstić information content (AvgIpc) is 2.53. The van der Waals surface area contributed by atoms with Crippen LogP contribution in [-0.2, 0) is 11.2 Å². The number of hydrogen-bond donors (Lipinski definition) is 1. The van der Waals surface area contributed by atoms with Crippen molar-refractivity contribution in [3.8, 4) is 5.75 Å². The maximum absolute atomic E-state index is 11.9. The van der Waals surface area contributed by atoms with Crippen molar-refractivity contribution in [1.82, 2.24) is 5.32 Å². The summed E-state index contributed by atoms with van der Waals surface area (Å²) >= 11 is 5.84. The molecule has 0 spiro atoms. The van der Waals surface area contributed by atoms with E-state index in [0.29, 0.717) is 24.5 Å². The first kappa shape index (κ1) is 16.4. The number of hydrogen-bond acceptors (Lipinski definition) is 2. The molecule has 0 saturated heterocycles. The molecule has 1 unspecified atom stereocenters. The number of carbonyl (C=O) groups excluding carboxylic acids is 1. The van der Waals surface area contributed by atoms with Crippen molar-refractivity contribution in [3.05, 3.63) is 65.2 Å². The minimum absolute atomic E-state index is 0.0270. The lowest BCUT2D eigenvalue weighted by atomic mass is 10.1. The molecule has 1 atom stereocenters. The largest absolute Gasteiger partial charge is 0.491 e. The van der Waals surface area contributed by atoms with Crippen LogP contribution < -0.4 is 10.1 Å². The highest BCUT2D eigenvalue weighted by molar-refractivity contribution is 6.30. The van der Waals surface area contributed by atoms with Gasteiger partial charge in [0.1, 0.15) is 12.4 Å². The van der Waals surface area contributed by atoms with Crippen molar-refractivity contribution >= 4 is 17.5 Å². The van der Waals surface area contributed by atoms with Crippen LogP contribution in [0.3, 0.4) is 0 Å². The number of ether oxygens (including phenoxy) is 1. The summed E-state index contributed by atoms with van der Waals surface area (Å²) in [4.78, 5) is 11.9. The minimum atomic E-state index is -0.0297. The summed E-state index contributed by atoms with van der Waals surface area (Å²) in [5.41, 5.74) is 1.10. The van der Waals surface area contributed by atoms with Gasteiger partial charge >= 0.3 is 0 Å². The second-order valence-electron chi connectivity index (χ2n) is 5.22. The van der Waals surface area contributed by atoms with Gasteiger partial charge in [-0.3, -0.25) is 4.79 Å². The SMILES string of the molecule is CC(COc1ccccc1)NC(=O)CCc1ccc(Cl)cc1. The first-order valence-corrected chi connectivity index (χ1v) is 7.73. The Morgan fingerprint density at radius 1 is 1.14 bits per heavy atom. The monoisotopic (exact) mass is 317 g/mol. The topological polar surface area (TPSA) is 38.3 Å². The third-order valence-electron chi connectivity index (χ3n) is 3.20.